The molecule has 0 atom stereocenters. The lowest BCUT2D eigenvalue weighted by atomic mass is 10.3. The fourth-order valence-corrected chi connectivity index (χ4v) is 3.01. The summed E-state index contributed by atoms with van der Waals surface area (Å²) in [5.74, 6) is 0.366. The van der Waals surface area contributed by atoms with Crippen molar-refractivity contribution < 1.29 is 8.42 Å². The number of rotatable bonds is 7. The average Bonchev–Trinajstić information content (AvgIpc) is 2.49. The number of hydrogen-bond donors (Lipinski definition) is 2. The van der Waals surface area contributed by atoms with Gasteiger partial charge in [0.2, 0.25) is 10.0 Å². The summed E-state index contributed by atoms with van der Waals surface area (Å²) in [5.41, 5.74) is 0.846. The molecule has 0 bridgehead atoms. The van der Waals surface area contributed by atoms with Crippen molar-refractivity contribution in [3.8, 4) is 0 Å². The highest BCUT2D eigenvalue weighted by Gasteiger charge is 2.18. The molecule has 0 radical (unpaired) electrons. The van der Waals surface area contributed by atoms with Crippen molar-refractivity contribution in [2.45, 2.75) is 18.2 Å². The maximum atomic E-state index is 12.3. The van der Waals surface area contributed by atoms with Crippen molar-refractivity contribution >= 4 is 15.8 Å². The first kappa shape index (κ1) is 15.4. The molecule has 7 heteroatoms. The van der Waals surface area contributed by atoms with Crippen LogP contribution in [0.4, 0.5) is 5.82 Å². The van der Waals surface area contributed by atoms with Crippen LogP contribution in [0.3, 0.4) is 0 Å². The molecule has 6 nitrogen and oxygen atoms in total. The molecule has 0 aliphatic rings. The molecule has 0 aromatic carbocycles. The van der Waals surface area contributed by atoms with Gasteiger partial charge in [-0.3, -0.25) is 4.98 Å². The summed E-state index contributed by atoms with van der Waals surface area (Å²) in [6.45, 7) is 2.78. The molecule has 112 valence electrons. The molecule has 0 unspecified atom stereocenters. The third-order valence-electron chi connectivity index (χ3n) is 2.80. The van der Waals surface area contributed by atoms with E-state index in [1.165, 1.54) is 6.07 Å². The molecule has 0 saturated heterocycles. The summed E-state index contributed by atoms with van der Waals surface area (Å²) < 4.78 is 27.2. The van der Waals surface area contributed by atoms with Gasteiger partial charge in [-0.1, -0.05) is 6.07 Å². The number of sulfonamides is 1. The Labute approximate surface area is 124 Å². The van der Waals surface area contributed by atoms with Gasteiger partial charge in [0.05, 0.1) is 0 Å². The fraction of sp³-hybridized carbons (Fsp3) is 0.286. The van der Waals surface area contributed by atoms with Crippen molar-refractivity contribution in [3.63, 3.8) is 0 Å². The summed E-state index contributed by atoms with van der Waals surface area (Å²) in [5, 5.41) is 2.95. The van der Waals surface area contributed by atoms with Crippen molar-refractivity contribution in [2.75, 3.05) is 18.4 Å². The number of pyridine rings is 2. The van der Waals surface area contributed by atoms with Crippen LogP contribution in [-0.4, -0.2) is 31.5 Å². The van der Waals surface area contributed by atoms with Gasteiger partial charge < -0.3 is 5.32 Å². The van der Waals surface area contributed by atoms with Crippen LogP contribution in [0.15, 0.2) is 47.6 Å². The van der Waals surface area contributed by atoms with Gasteiger partial charge in [0, 0.05) is 37.6 Å². The Balaban J connectivity index is 2.05. The highest BCUT2D eigenvalue weighted by atomic mass is 32.2. The molecule has 2 N–H and O–H groups in total. The summed E-state index contributed by atoms with van der Waals surface area (Å²) >= 11 is 0. The Hall–Kier alpha value is -1.99. The molecule has 21 heavy (non-hydrogen) atoms. The molecule has 2 heterocycles. The predicted octanol–water partition coefficient (Wildman–Crippen LogP) is 1.43. The molecular weight excluding hydrogens is 288 g/mol. The number of nitrogens with one attached hydrogen (secondary N) is 2. The highest BCUT2D eigenvalue weighted by Crippen LogP contribution is 2.17. The Bertz CT molecular complexity index is 674. The number of hydrogen-bond acceptors (Lipinski definition) is 5. The van der Waals surface area contributed by atoms with E-state index in [0.29, 0.717) is 25.3 Å². The average molecular weight is 306 g/mol. The first-order valence-corrected chi connectivity index (χ1v) is 8.20. The standard InChI is InChI=1S/C14H18N4O2S/c1-2-15-14-13(7-5-10-17-14)21(19,20)18-11-8-12-6-3-4-9-16-12/h3-7,9-10,18H,2,8,11H2,1H3,(H,15,17). The Kier molecular flexibility index (Phi) is 5.24. The molecule has 0 aliphatic heterocycles. The van der Waals surface area contributed by atoms with E-state index >= 15 is 0 Å². The van der Waals surface area contributed by atoms with Crippen LogP contribution in [0.25, 0.3) is 0 Å². The van der Waals surface area contributed by atoms with Gasteiger partial charge in [-0.15, -0.1) is 0 Å². The van der Waals surface area contributed by atoms with E-state index in [1.54, 1.807) is 18.5 Å². The summed E-state index contributed by atoms with van der Waals surface area (Å²) in [6.07, 6.45) is 3.79. The zero-order chi connectivity index (χ0) is 15.1. The van der Waals surface area contributed by atoms with Gasteiger partial charge in [-0.2, -0.15) is 0 Å². The fourth-order valence-electron chi connectivity index (χ4n) is 1.84. The minimum atomic E-state index is -3.59. The van der Waals surface area contributed by atoms with Crippen molar-refractivity contribution in [1.29, 1.82) is 0 Å². The van der Waals surface area contributed by atoms with E-state index in [0.717, 1.165) is 5.69 Å². The third kappa shape index (κ3) is 4.24. The molecule has 2 rings (SSSR count). The second-order valence-corrected chi connectivity index (χ2v) is 6.08. The van der Waals surface area contributed by atoms with E-state index in [-0.39, 0.29) is 4.90 Å². The maximum Gasteiger partial charge on any atom is 0.244 e. The molecule has 0 spiro atoms. The minimum absolute atomic E-state index is 0.160. The summed E-state index contributed by atoms with van der Waals surface area (Å²) in [7, 11) is -3.59. The van der Waals surface area contributed by atoms with E-state index in [4.69, 9.17) is 0 Å². The maximum absolute atomic E-state index is 12.3. The second-order valence-electron chi connectivity index (χ2n) is 4.35. The van der Waals surface area contributed by atoms with Crippen LogP contribution in [0.2, 0.25) is 0 Å². The zero-order valence-electron chi connectivity index (χ0n) is 11.8. The predicted molar refractivity (Wildman–Crippen MR) is 81.5 cm³/mol. The van der Waals surface area contributed by atoms with Crippen LogP contribution in [0.5, 0.6) is 0 Å². The van der Waals surface area contributed by atoms with Crippen LogP contribution < -0.4 is 10.0 Å². The lowest BCUT2D eigenvalue weighted by Crippen LogP contribution is -2.27. The van der Waals surface area contributed by atoms with Gasteiger partial charge in [-0.05, 0) is 31.2 Å². The lowest BCUT2D eigenvalue weighted by Gasteiger charge is -2.11. The van der Waals surface area contributed by atoms with Crippen molar-refractivity contribution in [3.05, 3.63) is 48.4 Å². The van der Waals surface area contributed by atoms with Gasteiger partial charge in [0.25, 0.3) is 0 Å². The lowest BCUT2D eigenvalue weighted by molar-refractivity contribution is 0.581. The molecule has 2 aromatic rings. The van der Waals surface area contributed by atoms with E-state index in [9.17, 15) is 8.42 Å². The van der Waals surface area contributed by atoms with E-state index in [2.05, 4.69) is 20.0 Å². The van der Waals surface area contributed by atoms with Crippen LogP contribution in [0.1, 0.15) is 12.6 Å². The molecular formula is C14H18N4O2S. The van der Waals surface area contributed by atoms with E-state index in [1.807, 2.05) is 25.1 Å². The van der Waals surface area contributed by atoms with Crippen LogP contribution >= 0.6 is 0 Å². The topological polar surface area (TPSA) is 84.0 Å². The number of aromatic nitrogens is 2. The van der Waals surface area contributed by atoms with Gasteiger partial charge in [-0.25, -0.2) is 18.1 Å². The van der Waals surface area contributed by atoms with Crippen LogP contribution in [-0.2, 0) is 16.4 Å². The second kappa shape index (κ2) is 7.14. The monoisotopic (exact) mass is 306 g/mol. The Morgan fingerprint density at radius 3 is 2.62 bits per heavy atom. The largest absolute Gasteiger partial charge is 0.369 e. The Morgan fingerprint density at radius 1 is 1.10 bits per heavy atom. The summed E-state index contributed by atoms with van der Waals surface area (Å²) in [4.78, 5) is 8.38. The van der Waals surface area contributed by atoms with Crippen LogP contribution in [0, 0.1) is 0 Å². The van der Waals surface area contributed by atoms with Crippen molar-refractivity contribution in [1.82, 2.24) is 14.7 Å². The quantitative estimate of drug-likeness (QED) is 0.808. The highest BCUT2D eigenvalue weighted by molar-refractivity contribution is 7.89. The van der Waals surface area contributed by atoms with Crippen molar-refractivity contribution in [2.24, 2.45) is 0 Å². The molecule has 0 amide bonds. The van der Waals surface area contributed by atoms with E-state index < -0.39 is 10.0 Å². The molecule has 0 aliphatic carbocycles. The third-order valence-corrected chi connectivity index (χ3v) is 4.30. The zero-order valence-corrected chi connectivity index (χ0v) is 12.6. The normalized spacial score (nSPS) is 11.3. The summed E-state index contributed by atoms with van der Waals surface area (Å²) in [6, 6.07) is 8.71. The number of nitrogens with zero attached hydrogens (tertiary/aromatic N) is 2. The van der Waals surface area contributed by atoms with Gasteiger partial charge in [0.1, 0.15) is 10.7 Å². The number of anilines is 1. The Morgan fingerprint density at radius 2 is 1.90 bits per heavy atom. The molecule has 2 aromatic heterocycles. The first-order valence-electron chi connectivity index (χ1n) is 6.72. The molecule has 0 saturated carbocycles. The first-order chi connectivity index (χ1) is 10.1. The van der Waals surface area contributed by atoms with Gasteiger partial charge >= 0.3 is 0 Å². The van der Waals surface area contributed by atoms with Gasteiger partial charge in [0.15, 0.2) is 0 Å². The smallest absolute Gasteiger partial charge is 0.244 e. The molecule has 0 fully saturated rings. The minimum Gasteiger partial charge on any atom is -0.369 e. The SMILES string of the molecule is CCNc1ncccc1S(=O)(=O)NCCc1ccccn1.